The molecule has 2 rings (SSSR count). The Labute approximate surface area is 154 Å². The average Bonchev–Trinajstić information content (AvgIpc) is 2.90. The van der Waals surface area contributed by atoms with Crippen molar-refractivity contribution < 1.29 is 23.9 Å². The Hall–Kier alpha value is -2.12. The lowest BCUT2D eigenvalue weighted by Gasteiger charge is -2.36. The summed E-state index contributed by atoms with van der Waals surface area (Å²) in [5.41, 5.74) is 0.850. The minimum absolute atomic E-state index is 0.102. The van der Waals surface area contributed by atoms with Gasteiger partial charge in [0.15, 0.2) is 8.32 Å². The van der Waals surface area contributed by atoms with Crippen molar-refractivity contribution in [3.63, 3.8) is 0 Å². The summed E-state index contributed by atoms with van der Waals surface area (Å²) in [6, 6.07) is 5.17. The van der Waals surface area contributed by atoms with Gasteiger partial charge in [-0.05, 0) is 30.3 Å². The first-order chi connectivity index (χ1) is 12.0. The van der Waals surface area contributed by atoms with Gasteiger partial charge in [-0.3, -0.25) is 4.79 Å². The van der Waals surface area contributed by atoms with E-state index in [0.717, 1.165) is 5.52 Å². The van der Waals surface area contributed by atoms with Crippen LogP contribution in [0, 0.1) is 0 Å². The maximum absolute atomic E-state index is 12.0. The SMILES string of the molecule is COc1ccc2c(C(=O)C(=O)[O-])cn(CCO[Si](C)(C)C(C)(C)C)c2c1. The number of ketones is 1. The van der Waals surface area contributed by atoms with Gasteiger partial charge in [0.05, 0.1) is 19.2 Å². The Morgan fingerprint density at radius 3 is 2.42 bits per heavy atom. The van der Waals surface area contributed by atoms with E-state index in [2.05, 4.69) is 33.9 Å². The molecule has 0 unspecified atom stereocenters. The minimum atomic E-state index is -1.89. The van der Waals surface area contributed by atoms with Crippen molar-refractivity contribution >= 4 is 31.0 Å². The highest BCUT2D eigenvalue weighted by atomic mass is 28.4. The predicted octanol–water partition coefficient (Wildman–Crippen LogP) is 2.60. The fraction of sp³-hybridized carbons (Fsp3) is 0.474. The van der Waals surface area contributed by atoms with E-state index in [1.165, 1.54) is 0 Å². The highest BCUT2D eigenvalue weighted by molar-refractivity contribution is 6.74. The number of carbonyl (C=O) groups is 2. The molecule has 1 aromatic carbocycles. The van der Waals surface area contributed by atoms with Crippen molar-refractivity contribution in [2.45, 2.75) is 45.4 Å². The first-order valence-electron chi connectivity index (χ1n) is 8.54. The number of fused-ring (bicyclic) bond motifs is 1. The summed E-state index contributed by atoms with van der Waals surface area (Å²) >= 11 is 0. The second-order valence-corrected chi connectivity index (χ2v) is 12.7. The van der Waals surface area contributed by atoms with Crippen molar-refractivity contribution in [1.29, 1.82) is 0 Å². The van der Waals surface area contributed by atoms with Crippen LogP contribution in [0.4, 0.5) is 0 Å². The lowest BCUT2D eigenvalue weighted by atomic mass is 10.1. The van der Waals surface area contributed by atoms with E-state index in [0.29, 0.717) is 24.3 Å². The zero-order chi connectivity index (χ0) is 19.7. The number of aromatic nitrogens is 1. The number of carboxylic acids is 1. The van der Waals surface area contributed by atoms with Crippen LogP contribution in [0.3, 0.4) is 0 Å². The maximum atomic E-state index is 12.0. The molecule has 6 nitrogen and oxygen atoms in total. The number of hydrogen-bond donors (Lipinski definition) is 0. The Bertz CT molecular complexity index is 832. The predicted molar refractivity (Wildman–Crippen MR) is 101 cm³/mol. The number of ether oxygens (including phenoxy) is 1. The molecule has 0 amide bonds. The molecule has 26 heavy (non-hydrogen) atoms. The largest absolute Gasteiger partial charge is 0.541 e. The maximum Gasteiger partial charge on any atom is 0.210 e. The van der Waals surface area contributed by atoms with Crippen LogP contribution >= 0.6 is 0 Å². The molecular weight excluding hydrogens is 350 g/mol. The minimum Gasteiger partial charge on any atom is -0.541 e. The van der Waals surface area contributed by atoms with Gasteiger partial charge >= 0.3 is 0 Å². The third-order valence-corrected chi connectivity index (χ3v) is 9.66. The van der Waals surface area contributed by atoms with Gasteiger partial charge in [0, 0.05) is 29.8 Å². The van der Waals surface area contributed by atoms with Crippen molar-refractivity contribution in [3.05, 3.63) is 30.0 Å². The molecule has 0 spiro atoms. The van der Waals surface area contributed by atoms with E-state index in [1.54, 1.807) is 31.5 Å². The second-order valence-electron chi connectivity index (χ2n) is 7.84. The number of benzene rings is 1. The molecule has 142 valence electrons. The molecule has 1 aromatic heterocycles. The smallest absolute Gasteiger partial charge is 0.210 e. The molecule has 0 radical (unpaired) electrons. The first kappa shape index (κ1) is 20.2. The molecule has 0 aliphatic rings. The van der Waals surface area contributed by atoms with Gasteiger partial charge in [0.25, 0.3) is 0 Å². The van der Waals surface area contributed by atoms with E-state index in [4.69, 9.17) is 9.16 Å². The summed E-state index contributed by atoms with van der Waals surface area (Å²) in [4.78, 5) is 23.0. The fourth-order valence-electron chi connectivity index (χ4n) is 2.49. The number of rotatable bonds is 7. The Morgan fingerprint density at radius 1 is 1.23 bits per heavy atom. The number of Topliss-reactive ketones (excluding diaryl/α,β-unsaturated/α-hetero) is 1. The summed E-state index contributed by atoms with van der Waals surface area (Å²) in [5.74, 6) is -2.10. The number of carbonyl (C=O) groups excluding carboxylic acids is 2. The number of carboxylic acid groups (broad SMARTS) is 1. The van der Waals surface area contributed by atoms with Crippen LogP contribution in [0.1, 0.15) is 31.1 Å². The van der Waals surface area contributed by atoms with E-state index >= 15 is 0 Å². The topological polar surface area (TPSA) is 80.6 Å². The molecule has 0 atom stereocenters. The summed E-state index contributed by atoms with van der Waals surface area (Å²) in [5, 5.41) is 11.7. The lowest BCUT2D eigenvalue weighted by molar-refractivity contribution is -0.296. The molecule has 0 aliphatic carbocycles. The normalized spacial score (nSPS) is 12.4. The highest BCUT2D eigenvalue weighted by Gasteiger charge is 2.36. The van der Waals surface area contributed by atoms with Gasteiger partial charge < -0.3 is 23.6 Å². The van der Waals surface area contributed by atoms with Crippen LogP contribution in [0.25, 0.3) is 10.9 Å². The molecule has 7 heteroatoms. The van der Waals surface area contributed by atoms with Gasteiger partial charge in [-0.1, -0.05) is 20.8 Å². The van der Waals surface area contributed by atoms with Crippen molar-refractivity contribution in [3.8, 4) is 5.75 Å². The molecule has 0 bridgehead atoms. The summed E-state index contributed by atoms with van der Waals surface area (Å²) < 4.78 is 13.3. The molecule has 0 fully saturated rings. The van der Waals surface area contributed by atoms with Crippen LogP contribution in [0.5, 0.6) is 5.75 Å². The van der Waals surface area contributed by atoms with E-state index in [-0.39, 0.29) is 10.6 Å². The van der Waals surface area contributed by atoms with Crippen LogP contribution < -0.4 is 9.84 Å². The quantitative estimate of drug-likeness (QED) is 0.421. The molecule has 0 aliphatic heterocycles. The summed E-state index contributed by atoms with van der Waals surface area (Å²) in [6.07, 6.45) is 1.55. The molecule has 0 saturated carbocycles. The molecule has 2 aromatic rings. The number of aliphatic carboxylic acids is 1. The van der Waals surface area contributed by atoms with Gasteiger partial charge in [-0.2, -0.15) is 0 Å². The first-order valence-corrected chi connectivity index (χ1v) is 11.5. The zero-order valence-electron chi connectivity index (χ0n) is 16.2. The fourth-order valence-corrected chi connectivity index (χ4v) is 3.52. The van der Waals surface area contributed by atoms with Crippen LogP contribution in [-0.4, -0.2) is 38.4 Å². The van der Waals surface area contributed by atoms with Crippen LogP contribution in [0.2, 0.25) is 18.1 Å². The zero-order valence-corrected chi connectivity index (χ0v) is 17.2. The number of hydrogen-bond acceptors (Lipinski definition) is 5. The second kappa shape index (κ2) is 7.24. The monoisotopic (exact) mass is 376 g/mol. The Kier molecular flexibility index (Phi) is 5.63. The lowest BCUT2D eigenvalue weighted by Crippen LogP contribution is -2.41. The number of methoxy groups -OCH3 is 1. The van der Waals surface area contributed by atoms with Crippen molar-refractivity contribution in [1.82, 2.24) is 4.57 Å². The molecule has 0 saturated heterocycles. The molecular formula is C19H26NO5Si-. The standard InChI is InChI=1S/C19H27NO5Si/c1-19(2,3)26(5,6)25-10-9-20-12-15(17(21)18(22)23)14-8-7-13(24-4)11-16(14)20/h7-8,11-12H,9-10H2,1-6H3,(H,22,23)/p-1. The number of nitrogens with zero attached hydrogens (tertiary/aromatic N) is 1. The summed E-state index contributed by atoms with van der Waals surface area (Å²) in [6.45, 7) is 11.9. The Balaban J connectivity index is 2.34. The molecule has 0 N–H and O–H groups in total. The third-order valence-electron chi connectivity index (χ3n) is 5.12. The average molecular weight is 377 g/mol. The van der Waals surface area contributed by atoms with Gasteiger partial charge in [-0.15, -0.1) is 0 Å². The van der Waals surface area contributed by atoms with Gasteiger partial charge in [0.1, 0.15) is 11.7 Å². The Morgan fingerprint density at radius 2 is 1.88 bits per heavy atom. The van der Waals surface area contributed by atoms with E-state index in [1.807, 2.05) is 4.57 Å². The van der Waals surface area contributed by atoms with E-state index < -0.39 is 20.1 Å². The highest BCUT2D eigenvalue weighted by Crippen LogP contribution is 2.36. The summed E-state index contributed by atoms with van der Waals surface area (Å²) in [7, 11) is -0.328. The molecule has 1 heterocycles. The van der Waals surface area contributed by atoms with Crippen molar-refractivity contribution in [2.24, 2.45) is 0 Å². The van der Waals surface area contributed by atoms with Gasteiger partial charge in [0.2, 0.25) is 5.78 Å². The van der Waals surface area contributed by atoms with E-state index in [9.17, 15) is 14.7 Å². The third kappa shape index (κ3) is 3.99. The van der Waals surface area contributed by atoms with Crippen LogP contribution in [-0.2, 0) is 15.8 Å². The van der Waals surface area contributed by atoms with Crippen LogP contribution in [0.15, 0.2) is 24.4 Å². The van der Waals surface area contributed by atoms with Crippen molar-refractivity contribution in [2.75, 3.05) is 13.7 Å². The van der Waals surface area contributed by atoms with Gasteiger partial charge in [-0.25, -0.2) is 0 Å².